The number of likely N-dealkylation sites (tertiary alicyclic amines) is 1. The average molecular weight is 276 g/mol. The third kappa shape index (κ3) is 6.21. The molecular weight excluding hydrogens is 254 g/mol. The SMILES string of the molecule is CN1CCC(CCNC(=O)NC(=O)CCCl)CC1. The Bertz CT molecular complexity index is 278. The van der Waals surface area contributed by atoms with Gasteiger partial charge in [-0.2, -0.15) is 0 Å². The standard InChI is InChI=1S/C12H22ClN3O2/c1-16-8-4-10(5-9-16)3-7-14-12(18)15-11(17)2-6-13/h10H,2-9H2,1H3,(H2,14,15,17,18). The van der Waals surface area contributed by atoms with Gasteiger partial charge in [0.1, 0.15) is 0 Å². The van der Waals surface area contributed by atoms with Crippen molar-refractivity contribution in [3.8, 4) is 0 Å². The Kier molecular flexibility index (Phi) is 7.05. The monoisotopic (exact) mass is 275 g/mol. The number of carbonyl (C=O) groups is 2. The van der Waals surface area contributed by atoms with Crippen LogP contribution in [0.2, 0.25) is 0 Å². The number of hydrogen-bond acceptors (Lipinski definition) is 3. The molecule has 0 aromatic heterocycles. The van der Waals surface area contributed by atoms with Gasteiger partial charge in [0.25, 0.3) is 0 Å². The van der Waals surface area contributed by atoms with Gasteiger partial charge in [-0.1, -0.05) is 0 Å². The molecule has 0 aliphatic carbocycles. The highest BCUT2D eigenvalue weighted by Crippen LogP contribution is 2.18. The van der Waals surface area contributed by atoms with E-state index in [9.17, 15) is 9.59 Å². The minimum absolute atomic E-state index is 0.171. The lowest BCUT2D eigenvalue weighted by Crippen LogP contribution is -2.40. The van der Waals surface area contributed by atoms with Crippen molar-refractivity contribution in [2.24, 2.45) is 5.92 Å². The fourth-order valence-electron chi connectivity index (χ4n) is 2.06. The number of hydrogen-bond donors (Lipinski definition) is 2. The maximum Gasteiger partial charge on any atom is 0.321 e. The molecule has 5 nitrogen and oxygen atoms in total. The Morgan fingerprint density at radius 2 is 2.00 bits per heavy atom. The number of nitrogens with one attached hydrogen (secondary N) is 2. The van der Waals surface area contributed by atoms with Gasteiger partial charge in [0.2, 0.25) is 5.91 Å². The van der Waals surface area contributed by atoms with E-state index in [0.717, 1.165) is 19.5 Å². The second-order valence-corrected chi connectivity index (χ2v) is 5.16. The van der Waals surface area contributed by atoms with Crippen LogP contribution in [-0.4, -0.2) is 49.4 Å². The fourth-order valence-corrected chi connectivity index (χ4v) is 2.23. The lowest BCUT2D eigenvalue weighted by Gasteiger charge is -2.28. The van der Waals surface area contributed by atoms with Crippen molar-refractivity contribution in [3.05, 3.63) is 0 Å². The Hall–Kier alpha value is -0.810. The molecule has 0 radical (unpaired) electrons. The maximum atomic E-state index is 11.3. The normalized spacial score (nSPS) is 17.4. The molecule has 0 unspecified atom stereocenters. The van der Waals surface area contributed by atoms with E-state index in [2.05, 4.69) is 22.6 Å². The first-order valence-corrected chi connectivity index (χ1v) is 6.97. The molecule has 18 heavy (non-hydrogen) atoms. The predicted molar refractivity (Wildman–Crippen MR) is 71.7 cm³/mol. The first-order chi connectivity index (χ1) is 8.61. The van der Waals surface area contributed by atoms with Crippen LogP contribution in [0.5, 0.6) is 0 Å². The molecule has 2 N–H and O–H groups in total. The molecule has 1 rings (SSSR count). The topological polar surface area (TPSA) is 61.4 Å². The van der Waals surface area contributed by atoms with Crippen LogP contribution < -0.4 is 10.6 Å². The van der Waals surface area contributed by atoms with Crippen LogP contribution in [0.25, 0.3) is 0 Å². The predicted octanol–water partition coefficient (Wildman–Crippen LogP) is 1.17. The van der Waals surface area contributed by atoms with Crippen LogP contribution in [-0.2, 0) is 4.79 Å². The Morgan fingerprint density at radius 1 is 1.33 bits per heavy atom. The lowest BCUT2D eigenvalue weighted by atomic mass is 9.94. The molecule has 0 atom stereocenters. The van der Waals surface area contributed by atoms with Gasteiger partial charge < -0.3 is 10.2 Å². The maximum absolute atomic E-state index is 11.3. The number of rotatable bonds is 5. The summed E-state index contributed by atoms with van der Waals surface area (Å²) in [7, 11) is 2.13. The zero-order valence-corrected chi connectivity index (χ0v) is 11.6. The van der Waals surface area contributed by atoms with Crippen LogP contribution >= 0.6 is 11.6 Å². The summed E-state index contributed by atoms with van der Waals surface area (Å²) in [5.74, 6) is 0.580. The van der Waals surface area contributed by atoms with Crippen LogP contribution in [0.15, 0.2) is 0 Å². The van der Waals surface area contributed by atoms with Gasteiger partial charge in [-0.3, -0.25) is 10.1 Å². The molecule has 0 aromatic carbocycles. The molecule has 3 amide bonds. The second kappa shape index (κ2) is 8.32. The van der Waals surface area contributed by atoms with E-state index in [1.54, 1.807) is 0 Å². The van der Waals surface area contributed by atoms with E-state index >= 15 is 0 Å². The van der Waals surface area contributed by atoms with E-state index in [4.69, 9.17) is 11.6 Å². The van der Waals surface area contributed by atoms with Gasteiger partial charge in [0.05, 0.1) is 0 Å². The van der Waals surface area contributed by atoms with Crippen molar-refractivity contribution in [3.63, 3.8) is 0 Å². The Morgan fingerprint density at radius 3 is 2.61 bits per heavy atom. The third-order valence-electron chi connectivity index (χ3n) is 3.25. The van der Waals surface area contributed by atoms with Gasteiger partial charge in [-0.25, -0.2) is 4.79 Å². The molecule has 1 aliphatic rings. The van der Waals surface area contributed by atoms with E-state index in [0.29, 0.717) is 12.5 Å². The summed E-state index contributed by atoms with van der Waals surface area (Å²) in [5.41, 5.74) is 0. The fraction of sp³-hybridized carbons (Fsp3) is 0.833. The summed E-state index contributed by atoms with van der Waals surface area (Å²) in [6.45, 7) is 2.88. The number of halogens is 1. The van der Waals surface area contributed by atoms with E-state index in [1.807, 2.05) is 0 Å². The molecule has 6 heteroatoms. The van der Waals surface area contributed by atoms with Crippen molar-refractivity contribution >= 4 is 23.5 Å². The number of alkyl halides is 1. The number of carbonyl (C=O) groups excluding carboxylic acids is 2. The average Bonchev–Trinajstić information content (AvgIpc) is 2.32. The molecule has 104 valence electrons. The van der Waals surface area contributed by atoms with Crippen LogP contribution in [0.3, 0.4) is 0 Å². The van der Waals surface area contributed by atoms with Gasteiger partial charge in [-0.15, -0.1) is 11.6 Å². The molecule has 0 saturated carbocycles. The number of imide groups is 1. The van der Waals surface area contributed by atoms with Crippen molar-refractivity contribution in [2.45, 2.75) is 25.7 Å². The lowest BCUT2D eigenvalue weighted by molar-refractivity contribution is -0.119. The van der Waals surface area contributed by atoms with Crippen molar-refractivity contribution < 1.29 is 9.59 Å². The van der Waals surface area contributed by atoms with E-state index in [1.165, 1.54) is 12.8 Å². The largest absolute Gasteiger partial charge is 0.338 e. The Balaban J connectivity index is 2.06. The van der Waals surface area contributed by atoms with Crippen molar-refractivity contribution in [2.75, 3.05) is 32.6 Å². The molecule has 1 heterocycles. The molecule has 1 fully saturated rings. The highest BCUT2D eigenvalue weighted by Gasteiger charge is 2.16. The van der Waals surface area contributed by atoms with Gasteiger partial charge in [0.15, 0.2) is 0 Å². The van der Waals surface area contributed by atoms with Crippen LogP contribution in [0, 0.1) is 5.92 Å². The summed E-state index contributed by atoms with van der Waals surface area (Å²) in [5, 5.41) is 4.95. The molecule has 0 spiro atoms. The Labute approximate surface area is 113 Å². The molecule has 1 saturated heterocycles. The molecule has 1 aliphatic heterocycles. The smallest absolute Gasteiger partial charge is 0.321 e. The highest BCUT2D eigenvalue weighted by molar-refractivity contribution is 6.19. The summed E-state index contributed by atoms with van der Waals surface area (Å²) in [6.07, 6.45) is 3.52. The van der Waals surface area contributed by atoms with Crippen LogP contribution in [0.1, 0.15) is 25.7 Å². The summed E-state index contributed by atoms with van der Waals surface area (Å²) in [4.78, 5) is 24.7. The second-order valence-electron chi connectivity index (χ2n) is 4.78. The number of urea groups is 1. The zero-order valence-electron chi connectivity index (χ0n) is 10.9. The number of nitrogens with zero attached hydrogens (tertiary/aromatic N) is 1. The van der Waals surface area contributed by atoms with Crippen molar-refractivity contribution in [1.29, 1.82) is 0 Å². The summed E-state index contributed by atoms with van der Waals surface area (Å²) in [6, 6.07) is -0.418. The molecular formula is C12H22ClN3O2. The highest BCUT2D eigenvalue weighted by atomic mass is 35.5. The molecule has 0 bridgehead atoms. The first-order valence-electron chi connectivity index (χ1n) is 6.44. The molecule has 0 aromatic rings. The van der Waals surface area contributed by atoms with Gasteiger partial charge in [0, 0.05) is 18.8 Å². The minimum atomic E-state index is -0.418. The summed E-state index contributed by atoms with van der Waals surface area (Å²) < 4.78 is 0. The zero-order chi connectivity index (χ0) is 13.4. The van der Waals surface area contributed by atoms with Crippen molar-refractivity contribution in [1.82, 2.24) is 15.5 Å². The first kappa shape index (κ1) is 15.2. The number of amides is 3. The quantitative estimate of drug-likeness (QED) is 0.741. The summed E-state index contributed by atoms with van der Waals surface area (Å²) >= 11 is 5.40. The van der Waals surface area contributed by atoms with Gasteiger partial charge >= 0.3 is 6.03 Å². The van der Waals surface area contributed by atoms with E-state index in [-0.39, 0.29) is 18.2 Å². The van der Waals surface area contributed by atoms with E-state index < -0.39 is 6.03 Å². The number of piperidine rings is 1. The third-order valence-corrected chi connectivity index (χ3v) is 3.44. The van der Waals surface area contributed by atoms with Gasteiger partial charge in [-0.05, 0) is 45.3 Å². The minimum Gasteiger partial charge on any atom is -0.338 e. The van der Waals surface area contributed by atoms with Crippen LogP contribution in [0.4, 0.5) is 4.79 Å².